The van der Waals surface area contributed by atoms with E-state index in [1.54, 1.807) is 21.9 Å². The molecule has 1 amide bonds. The van der Waals surface area contributed by atoms with Crippen molar-refractivity contribution < 1.29 is 14.3 Å². The summed E-state index contributed by atoms with van der Waals surface area (Å²) < 4.78 is 13.0. The van der Waals surface area contributed by atoms with Gasteiger partial charge in [-0.15, -0.1) is 0 Å². The van der Waals surface area contributed by atoms with E-state index in [0.29, 0.717) is 65.7 Å². The molecule has 1 aromatic carbocycles. The van der Waals surface area contributed by atoms with Gasteiger partial charge in [0.2, 0.25) is 0 Å². The zero-order chi connectivity index (χ0) is 21.7. The van der Waals surface area contributed by atoms with Gasteiger partial charge in [-0.2, -0.15) is 5.10 Å². The van der Waals surface area contributed by atoms with E-state index in [-0.39, 0.29) is 5.91 Å². The minimum atomic E-state index is -0.196. The second-order valence-electron chi connectivity index (χ2n) is 6.56. The van der Waals surface area contributed by atoms with Crippen molar-refractivity contribution in [2.45, 2.75) is 33.7 Å². The molecule has 0 bridgehead atoms. The SMILES string of the molecule is CCOc1ccc(CCN2C(=O)/C(=C\c3nn(CC)cc3Cl)NC2=S)cc1OCC. The van der Waals surface area contributed by atoms with Gasteiger partial charge in [-0.05, 0) is 63.2 Å². The number of carbonyl (C=O) groups excluding carboxylic acids is 1. The van der Waals surface area contributed by atoms with Crippen LogP contribution >= 0.6 is 23.8 Å². The number of benzene rings is 1. The Morgan fingerprint density at radius 3 is 2.60 bits per heavy atom. The number of rotatable bonds is 9. The lowest BCUT2D eigenvalue weighted by Crippen LogP contribution is -2.32. The minimum Gasteiger partial charge on any atom is -0.490 e. The van der Waals surface area contributed by atoms with E-state index in [9.17, 15) is 4.79 Å². The Morgan fingerprint density at radius 2 is 1.93 bits per heavy atom. The third-order valence-corrected chi connectivity index (χ3v) is 5.16. The Hall–Kier alpha value is -2.58. The summed E-state index contributed by atoms with van der Waals surface area (Å²) in [6.45, 7) is 8.08. The molecule has 1 aliphatic heterocycles. The largest absolute Gasteiger partial charge is 0.490 e. The highest BCUT2D eigenvalue weighted by molar-refractivity contribution is 7.80. The minimum absolute atomic E-state index is 0.196. The smallest absolute Gasteiger partial charge is 0.276 e. The van der Waals surface area contributed by atoms with Crippen molar-refractivity contribution in [1.82, 2.24) is 20.0 Å². The van der Waals surface area contributed by atoms with Gasteiger partial charge in [0.25, 0.3) is 5.91 Å². The number of aromatic nitrogens is 2. The lowest BCUT2D eigenvalue weighted by Gasteiger charge is -2.15. The van der Waals surface area contributed by atoms with Gasteiger partial charge < -0.3 is 14.8 Å². The Kier molecular flexibility index (Phi) is 7.33. The molecule has 1 aromatic heterocycles. The van der Waals surface area contributed by atoms with Crippen LogP contribution in [0.25, 0.3) is 6.08 Å². The summed E-state index contributed by atoms with van der Waals surface area (Å²) >= 11 is 11.6. The Bertz CT molecular complexity index is 973. The quantitative estimate of drug-likeness (QED) is 0.466. The monoisotopic (exact) mass is 448 g/mol. The lowest BCUT2D eigenvalue weighted by molar-refractivity contribution is -0.122. The van der Waals surface area contributed by atoms with Gasteiger partial charge in [-0.25, -0.2) is 0 Å². The maximum atomic E-state index is 12.8. The van der Waals surface area contributed by atoms with Gasteiger partial charge in [0.15, 0.2) is 16.6 Å². The molecule has 0 radical (unpaired) electrons. The van der Waals surface area contributed by atoms with E-state index < -0.39 is 0 Å². The molecule has 2 heterocycles. The van der Waals surface area contributed by atoms with Crippen LogP contribution in [0.4, 0.5) is 0 Å². The van der Waals surface area contributed by atoms with Gasteiger partial charge >= 0.3 is 0 Å². The third kappa shape index (κ3) is 4.94. The molecule has 0 saturated carbocycles. The zero-order valence-electron chi connectivity index (χ0n) is 17.3. The number of carbonyl (C=O) groups is 1. The average molecular weight is 449 g/mol. The predicted molar refractivity (Wildman–Crippen MR) is 121 cm³/mol. The maximum Gasteiger partial charge on any atom is 0.276 e. The molecule has 30 heavy (non-hydrogen) atoms. The van der Waals surface area contributed by atoms with Gasteiger partial charge in [-0.1, -0.05) is 17.7 Å². The van der Waals surface area contributed by atoms with Crippen LogP contribution in [-0.2, 0) is 17.8 Å². The number of hydrogen-bond acceptors (Lipinski definition) is 5. The second-order valence-corrected chi connectivity index (χ2v) is 7.35. The van der Waals surface area contributed by atoms with Crippen LogP contribution in [0.5, 0.6) is 11.5 Å². The molecule has 1 aliphatic rings. The van der Waals surface area contributed by atoms with Crippen LogP contribution in [-0.4, -0.2) is 45.5 Å². The second kappa shape index (κ2) is 9.95. The molecule has 1 saturated heterocycles. The summed E-state index contributed by atoms with van der Waals surface area (Å²) in [5, 5.41) is 8.17. The molecule has 2 aromatic rings. The van der Waals surface area contributed by atoms with E-state index in [2.05, 4.69) is 10.4 Å². The van der Waals surface area contributed by atoms with E-state index in [1.807, 2.05) is 39.0 Å². The average Bonchev–Trinajstić information content (AvgIpc) is 3.21. The number of ether oxygens (including phenoxy) is 2. The van der Waals surface area contributed by atoms with Crippen molar-refractivity contribution in [3.8, 4) is 11.5 Å². The predicted octanol–water partition coefficient (Wildman–Crippen LogP) is 3.65. The Labute approximate surface area is 186 Å². The highest BCUT2D eigenvalue weighted by Gasteiger charge is 2.30. The standard InChI is InChI=1S/C21H25ClN4O3S/c1-4-25-13-15(22)16(24-25)12-17-20(27)26(21(30)23-17)10-9-14-7-8-18(28-5-2)19(11-14)29-6-3/h7-8,11-13H,4-6,9-10H2,1-3H3,(H,23,30)/b17-12+. The van der Waals surface area contributed by atoms with Crippen LogP contribution in [0.15, 0.2) is 30.1 Å². The van der Waals surface area contributed by atoms with E-state index in [0.717, 1.165) is 5.56 Å². The number of amides is 1. The molecule has 3 rings (SSSR count). The van der Waals surface area contributed by atoms with E-state index in [1.165, 1.54) is 0 Å². The first kappa shape index (κ1) is 22.1. The van der Waals surface area contributed by atoms with Crippen molar-refractivity contribution >= 4 is 40.9 Å². The molecular weight excluding hydrogens is 424 g/mol. The number of halogens is 1. The summed E-state index contributed by atoms with van der Waals surface area (Å²) in [7, 11) is 0. The van der Waals surface area contributed by atoms with Crippen LogP contribution < -0.4 is 14.8 Å². The number of aryl methyl sites for hydroxylation is 1. The fraction of sp³-hybridized carbons (Fsp3) is 0.381. The summed E-state index contributed by atoms with van der Waals surface area (Å²) in [5.74, 6) is 1.22. The number of nitrogens with one attached hydrogen (secondary N) is 1. The van der Waals surface area contributed by atoms with Crippen LogP contribution in [0, 0.1) is 0 Å². The number of nitrogens with zero attached hydrogens (tertiary/aromatic N) is 3. The first-order valence-electron chi connectivity index (χ1n) is 9.92. The van der Waals surface area contributed by atoms with Crippen molar-refractivity contribution in [3.63, 3.8) is 0 Å². The van der Waals surface area contributed by atoms with Gasteiger partial charge in [0.1, 0.15) is 11.4 Å². The van der Waals surface area contributed by atoms with Crippen molar-refractivity contribution in [2.75, 3.05) is 19.8 Å². The molecular formula is C21H25ClN4O3S. The molecule has 7 nitrogen and oxygen atoms in total. The molecule has 9 heteroatoms. The fourth-order valence-electron chi connectivity index (χ4n) is 3.08. The summed E-state index contributed by atoms with van der Waals surface area (Å²) in [5.41, 5.74) is 1.93. The highest BCUT2D eigenvalue weighted by Crippen LogP contribution is 2.29. The van der Waals surface area contributed by atoms with Gasteiger partial charge in [0, 0.05) is 19.3 Å². The van der Waals surface area contributed by atoms with Crippen molar-refractivity contribution in [1.29, 1.82) is 0 Å². The van der Waals surface area contributed by atoms with Gasteiger partial charge in [0.05, 0.1) is 18.2 Å². The first-order chi connectivity index (χ1) is 14.5. The molecule has 0 atom stereocenters. The molecule has 1 N–H and O–H groups in total. The van der Waals surface area contributed by atoms with E-state index in [4.69, 9.17) is 33.3 Å². The summed E-state index contributed by atoms with van der Waals surface area (Å²) in [4.78, 5) is 14.4. The molecule has 1 fully saturated rings. The molecule has 0 unspecified atom stereocenters. The lowest BCUT2D eigenvalue weighted by atomic mass is 10.1. The van der Waals surface area contributed by atoms with Crippen LogP contribution in [0.2, 0.25) is 5.02 Å². The Balaban J connectivity index is 1.71. The summed E-state index contributed by atoms with van der Waals surface area (Å²) in [6, 6.07) is 5.81. The third-order valence-electron chi connectivity index (χ3n) is 4.54. The topological polar surface area (TPSA) is 68.6 Å². The highest BCUT2D eigenvalue weighted by atomic mass is 35.5. The van der Waals surface area contributed by atoms with Crippen LogP contribution in [0.3, 0.4) is 0 Å². The van der Waals surface area contributed by atoms with Crippen molar-refractivity contribution in [3.05, 3.63) is 46.4 Å². The Morgan fingerprint density at radius 1 is 1.20 bits per heavy atom. The van der Waals surface area contributed by atoms with E-state index >= 15 is 0 Å². The van der Waals surface area contributed by atoms with Crippen molar-refractivity contribution in [2.24, 2.45) is 0 Å². The van der Waals surface area contributed by atoms with Crippen LogP contribution in [0.1, 0.15) is 32.0 Å². The molecule has 0 aliphatic carbocycles. The first-order valence-corrected chi connectivity index (χ1v) is 10.7. The number of thiocarbonyl (C=S) groups is 1. The fourth-order valence-corrected chi connectivity index (χ4v) is 3.56. The molecule has 0 spiro atoms. The summed E-state index contributed by atoms with van der Waals surface area (Å²) in [6.07, 6.45) is 3.98. The normalized spacial score (nSPS) is 15.1. The maximum absolute atomic E-state index is 12.8. The zero-order valence-corrected chi connectivity index (χ0v) is 18.8. The molecule has 160 valence electrons. The van der Waals surface area contributed by atoms with Gasteiger partial charge in [-0.3, -0.25) is 14.4 Å². The number of hydrogen-bond donors (Lipinski definition) is 1.